The van der Waals surface area contributed by atoms with Crippen molar-refractivity contribution in [1.29, 1.82) is 0 Å². The Kier molecular flexibility index (Phi) is 2.94. The molecule has 5 N–H and O–H groups in total. The number of nitrogens with two attached hydrogens (primary N) is 2. The summed E-state index contributed by atoms with van der Waals surface area (Å²) in [7, 11) is 0. The van der Waals surface area contributed by atoms with E-state index in [4.69, 9.17) is 16.6 Å². The minimum Gasteiger partial charge on any atom is -0.481 e. The molecule has 1 aliphatic heterocycles. The van der Waals surface area contributed by atoms with Crippen molar-refractivity contribution < 1.29 is 9.90 Å². The molecular weight excluding hydrogens is 206 g/mol. The first-order chi connectivity index (χ1) is 7.41. The van der Waals surface area contributed by atoms with Crippen LogP contribution >= 0.6 is 0 Å². The summed E-state index contributed by atoms with van der Waals surface area (Å²) in [6.45, 7) is 2.14. The van der Waals surface area contributed by atoms with E-state index in [0.717, 1.165) is 38.8 Å². The van der Waals surface area contributed by atoms with Crippen molar-refractivity contribution in [2.75, 3.05) is 19.6 Å². The third-order valence-corrected chi connectivity index (χ3v) is 3.77. The number of hydrogen-bond donors (Lipinski definition) is 3. The quantitative estimate of drug-likeness (QED) is 0.618. The zero-order chi connectivity index (χ0) is 11.8. The van der Waals surface area contributed by atoms with Crippen LogP contribution in [0.2, 0.25) is 0 Å². The number of piperidine rings is 1. The van der Waals surface area contributed by atoms with Crippen LogP contribution in [-0.2, 0) is 4.79 Å². The standard InChI is InChI=1S/C11H21N3O2/c12-10-3-1-4-11(13,6-10)8-14(7-10)5-2-9(15)16/h1-8,12-13H2,(H,15,16). The van der Waals surface area contributed by atoms with Gasteiger partial charge in [0, 0.05) is 30.7 Å². The van der Waals surface area contributed by atoms with E-state index in [2.05, 4.69) is 4.90 Å². The smallest absolute Gasteiger partial charge is 0.304 e. The first-order valence-corrected chi connectivity index (χ1v) is 5.93. The summed E-state index contributed by atoms with van der Waals surface area (Å²) in [4.78, 5) is 12.7. The summed E-state index contributed by atoms with van der Waals surface area (Å²) in [5.74, 6) is -0.757. The van der Waals surface area contributed by atoms with E-state index in [-0.39, 0.29) is 17.5 Å². The van der Waals surface area contributed by atoms with Gasteiger partial charge in [0.25, 0.3) is 0 Å². The van der Waals surface area contributed by atoms with Gasteiger partial charge in [-0.3, -0.25) is 9.69 Å². The fourth-order valence-electron chi connectivity index (χ4n) is 3.30. The molecular formula is C11H21N3O2. The van der Waals surface area contributed by atoms with Crippen LogP contribution in [0, 0.1) is 0 Å². The fraction of sp³-hybridized carbons (Fsp3) is 0.909. The first-order valence-electron chi connectivity index (χ1n) is 5.93. The second kappa shape index (κ2) is 3.98. The Morgan fingerprint density at radius 1 is 1.25 bits per heavy atom. The maximum atomic E-state index is 10.6. The van der Waals surface area contributed by atoms with Gasteiger partial charge in [0.1, 0.15) is 0 Å². The monoisotopic (exact) mass is 227 g/mol. The van der Waals surface area contributed by atoms with Crippen LogP contribution in [0.3, 0.4) is 0 Å². The molecule has 1 heterocycles. The van der Waals surface area contributed by atoms with Gasteiger partial charge < -0.3 is 16.6 Å². The number of rotatable bonds is 3. The molecule has 1 saturated carbocycles. The van der Waals surface area contributed by atoms with Gasteiger partial charge in [0.15, 0.2) is 0 Å². The van der Waals surface area contributed by atoms with Gasteiger partial charge in [0.05, 0.1) is 6.42 Å². The van der Waals surface area contributed by atoms with Crippen LogP contribution in [0.4, 0.5) is 0 Å². The second-order valence-electron chi connectivity index (χ2n) is 5.61. The number of carboxylic acid groups (broad SMARTS) is 1. The van der Waals surface area contributed by atoms with Gasteiger partial charge in [-0.1, -0.05) is 0 Å². The number of carboxylic acids is 1. The van der Waals surface area contributed by atoms with Gasteiger partial charge in [-0.15, -0.1) is 0 Å². The molecule has 5 nitrogen and oxygen atoms in total. The van der Waals surface area contributed by atoms with E-state index in [1.807, 2.05) is 0 Å². The van der Waals surface area contributed by atoms with Crippen molar-refractivity contribution >= 4 is 5.97 Å². The van der Waals surface area contributed by atoms with Crippen molar-refractivity contribution in [3.63, 3.8) is 0 Å². The highest BCUT2D eigenvalue weighted by Gasteiger charge is 2.46. The van der Waals surface area contributed by atoms with Crippen LogP contribution < -0.4 is 11.5 Å². The molecule has 0 amide bonds. The van der Waals surface area contributed by atoms with Gasteiger partial charge >= 0.3 is 5.97 Å². The largest absolute Gasteiger partial charge is 0.481 e. The Hall–Kier alpha value is -0.650. The average Bonchev–Trinajstić information content (AvgIpc) is 2.11. The number of carbonyl (C=O) groups is 1. The molecule has 2 bridgehead atoms. The van der Waals surface area contributed by atoms with Crippen LogP contribution in [0.15, 0.2) is 0 Å². The zero-order valence-corrected chi connectivity index (χ0v) is 9.61. The minimum absolute atomic E-state index is 0.173. The van der Waals surface area contributed by atoms with E-state index in [1.165, 1.54) is 0 Å². The number of aliphatic carboxylic acids is 1. The SMILES string of the molecule is NC12CCCC(N)(CN(CCC(=O)O)C1)C2. The molecule has 92 valence electrons. The summed E-state index contributed by atoms with van der Waals surface area (Å²) in [6, 6.07) is 0. The predicted octanol–water partition coefficient (Wildman–Crippen LogP) is -0.254. The maximum Gasteiger partial charge on any atom is 0.304 e. The summed E-state index contributed by atoms with van der Waals surface area (Å²) in [6.07, 6.45) is 4.17. The van der Waals surface area contributed by atoms with Crippen molar-refractivity contribution in [3.8, 4) is 0 Å². The van der Waals surface area contributed by atoms with E-state index in [9.17, 15) is 4.79 Å². The van der Waals surface area contributed by atoms with E-state index in [1.54, 1.807) is 0 Å². The topological polar surface area (TPSA) is 92.6 Å². The molecule has 2 rings (SSSR count). The Morgan fingerprint density at radius 3 is 2.31 bits per heavy atom. The number of hydrogen-bond acceptors (Lipinski definition) is 4. The van der Waals surface area contributed by atoms with Gasteiger partial charge in [-0.05, 0) is 25.7 Å². The lowest BCUT2D eigenvalue weighted by Gasteiger charge is -2.53. The Bertz CT molecular complexity index is 279. The highest BCUT2D eigenvalue weighted by molar-refractivity contribution is 5.66. The Balaban J connectivity index is 1.99. The maximum absolute atomic E-state index is 10.6. The van der Waals surface area contributed by atoms with E-state index < -0.39 is 5.97 Å². The lowest BCUT2D eigenvalue weighted by Crippen LogP contribution is -2.68. The summed E-state index contributed by atoms with van der Waals surface area (Å²) >= 11 is 0. The third-order valence-electron chi connectivity index (χ3n) is 3.77. The highest BCUT2D eigenvalue weighted by Crippen LogP contribution is 2.37. The molecule has 2 fully saturated rings. The van der Waals surface area contributed by atoms with Crippen molar-refractivity contribution in [3.05, 3.63) is 0 Å². The molecule has 1 aliphatic carbocycles. The van der Waals surface area contributed by atoms with Crippen LogP contribution in [0.5, 0.6) is 0 Å². The van der Waals surface area contributed by atoms with Crippen molar-refractivity contribution in [1.82, 2.24) is 4.90 Å². The van der Waals surface area contributed by atoms with E-state index >= 15 is 0 Å². The van der Waals surface area contributed by atoms with Gasteiger partial charge in [0.2, 0.25) is 0 Å². The lowest BCUT2D eigenvalue weighted by molar-refractivity contribution is -0.137. The van der Waals surface area contributed by atoms with Crippen LogP contribution in [-0.4, -0.2) is 46.7 Å². The Labute approximate surface area is 95.8 Å². The normalized spacial score (nSPS) is 39.6. The number of fused-ring (bicyclic) bond motifs is 2. The van der Waals surface area contributed by atoms with Crippen LogP contribution in [0.1, 0.15) is 32.1 Å². The summed E-state index contributed by atoms with van der Waals surface area (Å²) < 4.78 is 0. The number of likely N-dealkylation sites (tertiary alicyclic amines) is 1. The Morgan fingerprint density at radius 2 is 1.81 bits per heavy atom. The van der Waals surface area contributed by atoms with Crippen molar-refractivity contribution in [2.24, 2.45) is 11.5 Å². The van der Waals surface area contributed by atoms with Crippen LogP contribution in [0.25, 0.3) is 0 Å². The number of nitrogens with zero attached hydrogens (tertiary/aromatic N) is 1. The summed E-state index contributed by atoms with van der Waals surface area (Å²) in [5.41, 5.74) is 12.2. The molecule has 2 atom stereocenters. The third kappa shape index (κ3) is 2.53. The molecule has 2 aliphatic rings. The highest BCUT2D eigenvalue weighted by atomic mass is 16.4. The zero-order valence-electron chi connectivity index (χ0n) is 9.61. The molecule has 5 heteroatoms. The van der Waals surface area contributed by atoms with Gasteiger partial charge in [-0.2, -0.15) is 0 Å². The molecule has 0 radical (unpaired) electrons. The molecule has 16 heavy (non-hydrogen) atoms. The molecule has 2 unspecified atom stereocenters. The first kappa shape index (κ1) is 11.8. The minimum atomic E-state index is -0.757. The lowest BCUT2D eigenvalue weighted by atomic mass is 9.68. The molecule has 0 aromatic carbocycles. The molecule has 0 aromatic rings. The summed E-state index contributed by atoms with van der Waals surface area (Å²) in [5, 5.41) is 8.69. The van der Waals surface area contributed by atoms with E-state index in [0.29, 0.717) is 6.54 Å². The molecule has 0 spiro atoms. The van der Waals surface area contributed by atoms with Gasteiger partial charge in [-0.25, -0.2) is 0 Å². The molecule has 0 aromatic heterocycles. The van der Waals surface area contributed by atoms with Crippen molar-refractivity contribution in [2.45, 2.75) is 43.2 Å². The fourth-order valence-corrected chi connectivity index (χ4v) is 3.30. The predicted molar refractivity (Wildman–Crippen MR) is 61.0 cm³/mol. The average molecular weight is 227 g/mol. The second-order valence-corrected chi connectivity index (χ2v) is 5.61. The molecule has 1 saturated heterocycles.